The van der Waals surface area contributed by atoms with E-state index in [-0.39, 0.29) is 5.91 Å². The first-order valence-corrected chi connectivity index (χ1v) is 5.90. The molecule has 94 valence electrons. The average molecular weight is 243 g/mol. The molecule has 2 aromatic rings. The molecule has 2 rings (SSSR count). The van der Waals surface area contributed by atoms with E-state index in [9.17, 15) is 4.79 Å². The van der Waals surface area contributed by atoms with E-state index in [0.29, 0.717) is 12.2 Å². The summed E-state index contributed by atoms with van der Waals surface area (Å²) in [6, 6.07) is 11.3. The van der Waals surface area contributed by atoms with Crippen LogP contribution in [-0.4, -0.2) is 23.0 Å². The molecule has 0 saturated carbocycles. The number of aromatic nitrogens is 1. The van der Waals surface area contributed by atoms with Gasteiger partial charge in [0.25, 0.3) is 5.91 Å². The number of pyridine rings is 1. The molecular weight excluding hydrogens is 226 g/mol. The molecule has 18 heavy (non-hydrogen) atoms. The van der Waals surface area contributed by atoms with Crippen molar-refractivity contribution in [2.45, 2.75) is 19.4 Å². The minimum atomic E-state index is -0.426. The molecule has 4 heteroatoms. The number of benzene rings is 1. The fourth-order valence-electron chi connectivity index (χ4n) is 1.61. The lowest BCUT2D eigenvalue weighted by molar-refractivity contribution is 0.0911. The first-order chi connectivity index (χ1) is 8.52. The number of amides is 1. The Morgan fingerprint density at radius 2 is 2.00 bits per heavy atom. The van der Waals surface area contributed by atoms with Crippen molar-refractivity contribution in [3.63, 3.8) is 0 Å². The van der Waals surface area contributed by atoms with Gasteiger partial charge in [0, 0.05) is 17.5 Å². The molecular formula is C14H17N3O. The van der Waals surface area contributed by atoms with E-state index in [1.165, 1.54) is 0 Å². The van der Waals surface area contributed by atoms with E-state index in [2.05, 4.69) is 10.3 Å². The van der Waals surface area contributed by atoms with Crippen molar-refractivity contribution >= 4 is 16.8 Å². The van der Waals surface area contributed by atoms with Crippen molar-refractivity contribution in [1.29, 1.82) is 0 Å². The maximum atomic E-state index is 12.0. The topological polar surface area (TPSA) is 68.0 Å². The summed E-state index contributed by atoms with van der Waals surface area (Å²) in [4.78, 5) is 16.4. The molecule has 1 aromatic carbocycles. The van der Waals surface area contributed by atoms with Gasteiger partial charge in [-0.25, -0.2) is 4.98 Å². The van der Waals surface area contributed by atoms with Gasteiger partial charge in [-0.1, -0.05) is 24.3 Å². The van der Waals surface area contributed by atoms with E-state index in [4.69, 9.17) is 5.73 Å². The van der Waals surface area contributed by atoms with Crippen LogP contribution < -0.4 is 11.1 Å². The van der Waals surface area contributed by atoms with Crippen molar-refractivity contribution in [2.75, 3.05) is 6.54 Å². The Balaban J connectivity index is 2.28. The number of rotatable bonds is 3. The third-order valence-electron chi connectivity index (χ3n) is 2.79. The fraction of sp³-hybridized carbons (Fsp3) is 0.286. The van der Waals surface area contributed by atoms with Crippen molar-refractivity contribution in [2.24, 2.45) is 5.73 Å². The third kappa shape index (κ3) is 2.65. The standard InChI is InChI=1S/C14H17N3O/c1-14(2,9-15)17-13(18)12-8-7-10-5-3-4-6-11(10)16-12/h3-8H,9,15H2,1-2H3,(H,17,18). The number of nitrogens with zero attached hydrogens (tertiary/aromatic N) is 1. The van der Waals surface area contributed by atoms with Gasteiger partial charge >= 0.3 is 0 Å². The lowest BCUT2D eigenvalue weighted by Gasteiger charge is -2.23. The lowest BCUT2D eigenvalue weighted by Crippen LogP contribution is -2.49. The second-order valence-electron chi connectivity index (χ2n) is 4.93. The van der Waals surface area contributed by atoms with Crippen LogP contribution in [0.15, 0.2) is 36.4 Å². The van der Waals surface area contributed by atoms with Crippen LogP contribution in [0.2, 0.25) is 0 Å². The largest absolute Gasteiger partial charge is 0.345 e. The van der Waals surface area contributed by atoms with Crippen LogP contribution in [0, 0.1) is 0 Å². The molecule has 0 saturated heterocycles. The molecule has 0 radical (unpaired) electrons. The molecule has 3 N–H and O–H groups in total. The predicted octanol–water partition coefficient (Wildman–Crippen LogP) is 1.70. The highest BCUT2D eigenvalue weighted by Gasteiger charge is 2.19. The number of nitrogens with one attached hydrogen (secondary N) is 1. The summed E-state index contributed by atoms with van der Waals surface area (Å²) < 4.78 is 0. The number of hydrogen-bond donors (Lipinski definition) is 2. The first-order valence-electron chi connectivity index (χ1n) is 5.90. The summed E-state index contributed by atoms with van der Waals surface area (Å²) in [6.07, 6.45) is 0. The third-order valence-corrected chi connectivity index (χ3v) is 2.79. The fourth-order valence-corrected chi connectivity index (χ4v) is 1.61. The molecule has 0 fully saturated rings. The van der Waals surface area contributed by atoms with Crippen molar-refractivity contribution in [3.8, 4) is 0 Å². The van der Waals surface area contributed by atoms with Gasteiger partial charge in [0.2, 0.25) is 0 Å². The zero-order valence-corrected chi connectivity index (χ0v) is 10.6. The van der Waals surface area contributed by atoms with Crippen LogP contribution in [0.4, 0.5) is 0 Å². The number of fused-ring (bicyclic) bond motifs is 1. The zero-order chi connectivity index (χ0) is 13.2. The number of nitrogens with two attached hydrogens (primary N) is 1. The van der Waals surface area contributed by atoms with E-state index in [1.807, 2.05) is 44.2 Å². The van der Waals surface area contributed by atoms with Gasteiger partial charge in [0.1, 0.15) is 5.69 Å². The molecule has 1 aromatic heterocycles. The van der Waals surface area contributed by atoms with Gasteiger partial charge < -0.3 is 11.1 Å². The molecule has 0 spiro atoms. The Labute approximate surface area is 106 Å². The monoisotopic (exact) mass is 243 g/mol. The normalized spacial score (nSPS) is 11.5. The van der Waals surface area contributed by atoms with E-state index < -0.39 is 5.54 Å². The smallest absolute Gasteiger partial charge is 0.270 e. The number of carbonyl (C=O) groups excluding carboxylic acids is 1. The van der Waals surface area contributed by atoms with Crippen molar-refractivity contribution in [1.82, 2.24) is 10.3 Å². The predicted molar refractivity (Wildman–Crippen MR) is 72.3 cm³/mol. The molecule has 0 aliphatic carbocycles. The highest BCUT2D eigenvalue weighted by molar-refractivity contribution is 5.95. The molecule has 0 aliphatic heterocycles. The number of carbonyl (C=O) groups is 1. The van der Waals surface area contributed by atoms with Crippen LogP contribution >= 0.6 is 0 Å². The molecule has 4 nitrogen and oxygen atoms in total. The Morgan fingerprint density at radius 1 is 1.28 bits per heavy atom. The summed E-state index contributed by atoms with van der Waals surface area (Å²) in [7, 11) is 0. The summed E-state index contributed by atoms with van der Waals surface area (Å²) in [5.74, 6) is -0.198. The maximum Gasteiger partial charge on any atom is 0.270 e. The quantitative estimate of drug-likeness (QED) is 0.862. The van der Waals surface area contributed by atoms with E-state index in [0.717, 1.165) is 10.9 Å². The van der Waals surface area contributed by atoms with Gasteiger partial charge in [-0.3, -0.25) is 4.79 Å². The van der Waals surface area contributed by atoms with Gasteiger partial charge in [-0.05, 0) is 26.0 Å². The van der Waals surface area contributed by atoms with E-state index >= 15 is 0 Å². The van der Waals surface area contributed by atoms with Gasteiger partial charge in [0.05, 0.1) is 5.52 Å². The van der Waals surface area contributed by atoms with E-state index in [1.54, 1.807) is 6.07 Å². The average Bonchev–Trinajstić information content (AvgIpc) is 2.37. The second kappa shape index (κ2) is 4.74. The minimum Gasteiger partial charge on any atom is -0.345 e. The second-order valence-corrected chi connectivity index (χ2v) is 4.93. The van der Waals surface area contributed by atoms with Gasteiger partial charge in [0.15, 0.2) is 0 Å². The van der Waals surface area contributed by atoms with Crippen LogP contribution in [0.5, 0.6) is 0 Å². The summed E-state index contributed by atoms with van der Waals surface area (Å²) in [6.45, 7) is 4.14. The maximum absolute atomic E-state index is 12.0. The van der Waals surface area contributed by atoms with Crippen molar-refractivity contribution < 1.29 is 4.79 Å². The number of hydrogen-bond acceptors (Lipinski definition) is 3. The van der Waals surface area contributed by atoms with Crippen LogP contribution in [0.25, 0.3) is 10.9 Å². The summed E-state index contributed by atoms with van der Waals surface area (Å²) in [5.41, 5.74) is 6.39. The van der Waals surface area contributed by atoms with Gasteiger partial charge in [-0.15, -0.1) is 0 Å². The van der Waals surface area contributed by atoms with Crippen molar-refractivity contribution in [3.05, 3.63) is 42.1 Å². The Morgan fingerprint density at radius 3 is 2.72 bits per heavy atom. The molecule has 1 amide bonds. The Kier molecular flexibility index (Phi) is 3.30. The van der Waals surface area contributed by atoms with Crippen LogP contribution in [0.3, 0.4) is 0 Å². The lowest BCUT2D eigenvalue weighted by atomic mass is 10.1. The Bertz CT molecular complexity index is 578. The molecule has 0 atom stereocenters. The highest BCUT2D eigenvalue weighted by Crippen LogP contribution is 2.12. The Hall–Kier alpha value is -1.94. The zero-order valence-electron chi connectivity index (χ0n) is 10.6. The minimum absolute atomic E-state index is 0.198. The van der Waals surface area contributed by atoms with Gasteiger partial charge in [-0.2, -0.15) is 0 Å². The first kappa shape index (κ1) is 12.5. The summed E-state index contributed by atoms with van der Waals surface area (Å²) in [5, 5.41) is 3.88. The molecule has 0 aliphatic rings. The summed E-state index contributed by atoms with van der Waals surface area (Å²) >= 11 is 0. The number of para-hydroxylation sites is 1. The van der Waals surface area contributed by atoms with Crippen LogP contribution in [-0.2, 0) is 0 Å². The highest BCUT2D eigenvalue weighted by atomic mass is 16.2. The molecule has 1 heterocycles. The van der Waals surface area contributed by atoms with Crippen LogP contribution in [0.1, 0.15) is 24.3 Å². The SMILES string of the molecule is CC(C)(CN)NC(=O)c1ccc2ccccc2n1. The molecule has 0 unspecified atom stereocenters. The molecule has 0 bridgehead atoms.